The number of aliphatic hydroxyl groups excluding tert-OH is 1. The molecule has 0 aliphatic carbocycles. The summed E-state index contributed by atoms with van der Waals surface area (Å²) in [5.74, 6) is 0. The smallest absolute Gasteiger partial charge is 0.104 e. The lowest BCUT2D eigenvalue weighted by molar-refractivity contribution is 0.220. The molecule has 1 atom stereocenters. The molecule has 0 saturated carbocycles. The Morgan fingerprint density at radius 1 is 1.00 bits per heavy atom. The van der Waals surface area contributed by atoms with Crippen LogP contribution in [0.15, 0.2) is 46.9 Å². The molecule has 20 heavy (non-hydrogen) atoms. The molecule has 0 saturated heterocycles. The Bertz CT molecular complexity index is 599. The van der Waals surface area contributed by atoms with Crippen LogP contribution < -0.4 is 0 Å². The lowest BCUT2D eigenvalue weighted by Gasteiger charge is -2.20. The summed E-state index contributed by atoms with van der Waals surface area (Å²) in [4.78, 5) is 0. The molecule has 0 aliphatic heterocycles. The second kappa shape index (κ2) is 5.88. The molecule has 0 aliphatic rings. The predicted molar refractivity (Wildman–Crippen MR) is 88.4 cm³/mol. The molecule has 0 spiro atoms. The van der Waals surface area contributed by atoms with Crippen LogP contribution in [-0.4, -0.2) is 5.11 Å². The molecular weight excluding hydrogens is 336 g/mol. The van der Waals surface area contributed by atoms with E-state index in [4.69, 9.17) is 11.6 Å². The van der Waals surface area contributed by atoms with Gasteiger partial charge >= 0.3 is 0 Å². The number of aliphatic hydroxyl groups is 1. The van der Waals surface area contributed by atoms with Gasteiger partial charge in [-0.25, -0.2) is 0 Å². The minimum Gasteiger partial charge on any atom is -0.384 e. The topological polar surface area (TPSA) is 20.2 Å². The average molecular weight is 354 g/mol. The first-order chi connectivity index (χ1) is 9.29. The zero-order valence-corrected chi connectivity index (χ0v) is 14.2. The number of benzene rings is 2. The van der Waals surface area contributed by atoms with Gasteiger partial charge in [0.05, 0.1) is 5.02 Å². The Morgan fingerprint density at radius 2 is 1.55 bits per heavy atom. The van der Waals surface area contributed by atoms with Crippen molar-refractivity contribution in [3.8, 4) is 0 Å². The van der Waals surface area contributed by atoms with Crippen LogP contribution in [-0.2, 0) is 5.41 Å². The summed E-state index contributed by atoms with van der Waals surface area (Å²) in [7, 11) is 0. The highest BCUT2D eigenvalue weighted by Crippen LogP contribution is 2.30. The van der Waals surface area contributed by atoms with E-state index in [1.54, 1.807) is 6.07 Å². The monoisotopic (exact) mass is 352 g/mol. The van der Waals surface area contributed by atoms with Gasteiger partial charge in [0.1, 0.15) is 6.10 Å². The summed E-state index contributed by atoms with van der Waals surface area (Å²) in [5.41, 5.74) is 3.03. The second-order valence-corrected chi connectivity index (χ2v) is 7.21. The van der Waals surface area contributed by atoms with Crippen LogP contribution in [0.4, 0.5) is 0 Å². The van der Waals surface area contributed by atoms with Crippen molar-refractivity contribution < 1.29 is 5.11 Å². The van der Waals surface area contributed by atoms with E-state index in [0.717, 1.165) is 15.6 Å². The molecule has 2 aromatic rings. The zero-order chi connectivity index (χ0) is 14.9. The van der Waals surface area contributed by atoms with Gasteiger partial charge in [-0.05, 0) is 50.2 Å². The van der Waals surface area contributed by atoms with Crippen molar-refractivity contribution in [3.05, 3.63) is 68.7 Å². The van der Waals surface area contributed by atoms with Gasteiger partial charge in [0.2, 0.25) is 0 Å². The van der Waals surface area contributed by atoms with Crippen LogP contribution in [0, 0.1) is 0 Å². The van der Waals surface area contributed by atoms with Gasteiger partial charge in [-0.2, -0.15) is 0 Å². The van der Waals surface area contributed by atoms with Gasteiger partial charge in [0, 0.05) is 4.47 Å². The van der Waals surface area contributed by atoms with Crippen molar-refractivity contribution in [1.82, 2.24) is 0 Å². The quantitative estimate of drug-likeness (QED) is 0.757. The van der Waals surface area contributed by atoms with Crippen molar-refractivity contribution in [2.24, 2.45) is 0 Å². The van der Waals surface area contributed by atoms with Crippen LogP contribution in [0.25, 0.3) is 0 Å². The minimum atomic E-state index is -0.658. The summed E-state index contributed by atoms with van der Waals surface area (Å²) >= 11 is 9.42. The molecule has 0 bridgehead atoms. The van der Waals surface area contributed by atoms with Crippen LogP contribution in [0.1, 0.15) is 43.6 Å². The van der Waals surface area contributed by atoms with E-state index in [2.05, 4.69) is 48.8 Å². The summed E-state index contributed by atoms with van der Waals surface area (Å²) < 4.78 is 0.832. The van der Waals surface area contributed by atoms with Gasteiger partial charge in [-0.3, -0.25) is 0 Å². The third-order valence-corrected chi connectivity index (χ3v) is 4.58. The first-order valence-electron chi connectivity index (χ1n) is 6.52. The zero-order valence-electron chi connectivity index (χ0n) is 11.8. The van der Waals surface area contributed by atoms with E-state index in [9.17, 15) is 5.11 Å². The Labute approximate surface area is 133 Å². The molecule has 0 fully saturated rings. The third-order valence-electron chi connectivity index (χ3n) is 3.35. The molecular formula is C17H18BrClO. The van der Waals surface area contributed by atoms with E-state index in [0.29, 0.717) is 5.02 Å². The van der Waals surface area contributed by atoms with E-state index in [1.807, 2.05) is 24.3 Å². The van der Waals surface area contributed by atoms with Crippen molar-refractivity contribution in [2.75, 3.05) is 0 Å². The van der Waals surface area contributed by atoms with Crippen LogP contribution in [0.5, 0.6) is 0 Å². The normalized spacial score (nSPS) is 13.3. The van der Waals surface area contributed by atoms with E-state index < -0.39 is 6.10 Å². The largest absolute Gasteiger partial charge is 0.384 e. The van der Waals surface area contributed by atoms with Crippen molar-refractivity contribution >= 4 is 27.5 Å². The first-order valence-corrected chi connectivity index (χ1v) is 7.69. The molecule has 1 unspecified atom stereocenters. The predicted octanol–water partition coefficient (Wildman–Crippen LogP) is 5.48. The fourth-order valence-corrected chi connectivity index (χ4v) is 2.48. The van der Waals surface area contributed by atoms with Crippen molar-refractivity contribution in [2.45, 2.75) is 32.3 Å². The summed E-state index contributed by atoms with van der Waals surface area (Å²) in [6.07, 6.45) is -0.658. The maximum absolute atomic E-state index is 10.4. The Balaban J connectivity index is 2.29. The van der Waals surface area contributed by atoms with Crippen molar-refractivity contribution in [3.63, 3.8) is 0 Å². The molecule has 106 valence electrons. The Kier molecular flexibility index (Phi) is 4.58. The average Bonchev–Trinajstić information content (AvgIpc) is 2.40. The number of hydrogen-bond acceptors (Lipinski definition) is 1. The maximum atomic E-state index is 10.4. The first kappa shape index (κ1) is 15.6. The van der Waals surface area contributed by atoms with Crippen LogP contribution in [0.3, 0.4) is 0 Å². The molecule has 0 amide bonds. The van der Waals surface area contributed by atoms with Gasteiger partial charge in [-0.1, -0.05) is 62.7 Å². The number of rotatable bonds is 2. The standard InChI is InChI=1S/C17H18BrClO/c1-17(2,3)13-7-4-11(5-8-13)16(20)12-6-9-14(18)15(19)10-12/h4-10,16,20H,1-3H3. The lowest BCUT2D eigenvalue weighted by Crippen LogP contribution is -2.11. The van der Waals surface area contributed by atoms with Gasteiger partial charge in [0.15, 0.2) is 0 Å². The maximum Gasteiger partial charge on any atom is 0.104 e. The fourth-order valence-electron chi connectivity index (χ4n) is 2.04. The Morgan fingerprint density at radius 3 is 2.05 bits per heavy atom. The fraction of sp³-hybridized carbons (Fsp3) is 0.294. The summed E-state index contributed by atoms with van der Waals surface area (Å²) in [6.45, 7) is 6.52. The highest BCUT2D eigenvalue weighted by Gasteiger charge is 2.16. The summed E-state index contributed by atoms with van der Waals surface area (Å²) in [6, 6.07) is 13.6. The minimum absolute atomic E-state index is 0.115. The molecule has 0 aromatic heterocycles. The third kappa shape index (κ3) is 3.43. The van der Waals surface area contributed by atoms with Crippen LogP contribution in [0.2, 0.25) is 5.02 Å². The lowest BCUT2D eigenvalue weighted by atomic mass is 9.86. The molecule has 3 heteroatoms. The Hall–Kier alpha value is -0.830. The molecule has 0 heterocycles. The molecule has 2 aromatic carbocycles. The van der Waals surface area contributed by atoms with Gasteiger partial charge in [0.25, 0.3) is 0 Å². The highest BCUT2D eigenvalue weighted by molar-refractivity contribution is 9.10. The van der Waals surface area contributed by atoms with Gasteiger partial charge < -0.3 is 5.11 Å². The SMILES string of the molecule is CC(C)(C)c1ccc(C(O)c2ccc(Br)c(Cl)c2)cc1. The van der Waals surface area contributed by atoms with Gasteiger partial charge in [-0.15, -0.1) is 0 Å². The van der Waals surface area contributed by atoms with E-state index >= 15 is 0 Å². The molecule has 0 radical (unpaired) electrons. The molecule has 2 rings (SSSR count). The molecule has 1 nitrogen and oxygen atoms in total. The number of halogens is 2. The number of hydrogen-bond donors (Lipinski definition) is 1. The molecule has 1 N–H and O–H groups in total. The summed E-state index contributed by atoms with van der Waals surface area (Å²) in [5, 5.41) is 11.0. The van der Waals surface area contributed by atoms with Crippen molar-refractivity contribution in [1.29, 1.82) is 0 Å². The van der Waals surface area contributed by atoms with E-state index in [1.165, 1.54) is 5.56 Å². The van der Waals surface area contributed by atoms with E-state index in [-0.39, 0.29) is 5.41 Å². The van der Waals surface area contributed by atoms with Crippen LogP contribution >= 0.6 is 27.5 Å². The second-order valence-electron chi connectivity index (χ2n) is 5.95. The highest BCUT2D eigenvalue weighted by atomic mass is 79.9.